The highest BCUT2D eigenvalue weighted by molar-refractivity contribution is 5.92. The van der Waals surface area contributed by atoms with E-state index in [4.69, 9.17) is 5.26 Å². The smallest absolute Gasteiger partial charge is 0.249 e. The van der Waals surface area contributed by atoms with Gasteiger partial charge in [-0.15, -0.1) is 5.10 Å². The number of nitrogens with one attached hydrogen (secondary N) is 1. The first-order valence-corrected chi connectivity index (χ1v) is 10.2. The first kappa shape index (κ1) is 18.4. The normalized spacial score (nSPS) is 19.9. The maximum atomic E-state index is 12.1. The highest BCUT2D eigenvalue weighted by Crippen LogP contribution is 2.36. The Morgan fingerprint density at radius 1 is 1.27 bits per heavy atom. The topological polar surface area (TPSA) is 88.5 Å². The van der Waals surface area contributed by atoms with Crippen LogP contribution < -0.4 is 5.32 Å². The Hall–Kier alpha value is -3.66. The summed E-state index contributed by atoms with van der Waals surface area (Å²) < 4.78 is 3.91. The van der Waals surface area contributed by atoms with Crippen molar-refractivity contribution >= 4 is 18.1 Å². The van der Waals surface area contributed by atoms with Crippen LogP contribution in [0.5, 0.6) is 0 Å². The summed E-state index contributed by atoms with van der Waals surface area (Å²) in [6.07, 6.45) is 10.1. The van der Waals surface area contributed by atoms with Crippen LogP contribution in [0.1, 0.15) is 48.2 Å². The molecule has 1 aliphatic carbocycles. The molecule has 0 saturated heterocycles. The third kappa shape index (κ3) is 3.52. The molecule has 2 unspecified atom stereocenters. The van der Waals surface area contributed by atoms with Gasteiger partial charge in [0.1, 0.15) is 5.82 Å². The number of nitriles is 1. The van der Waals surface area contributed by atoms with E-state index in [0.717, 1.165) is 36.3 Å². The number of carbonyl (C=O) groups is 1. The molecular formula is C23H22N6O. The number of benzene rings is 1. The molecule has 1 saturated carbocycles. The largest absolute Gasteiger partial charge is 0.350 e. The SMILES string of the molecule is CC1C=Cn2nc(NC(=O)C3CC3)nc2C1c1ccn(Cc2ccc(C#N)cc2)c1. The van der Waals surface area contributed by atoms with Crippen molar-refractivity contribution in [2.45, 2.75) is 32.2 Å². The lowest BCUT2D eigenvalue weighted by Gasteiger charge is -2.23. The fraction of sp³-hybridized carbons (Fsp3) is 0.304. The van der Waals surface area contributed by atoms with Gasteiger partial charge in [-0.3, -0.25) is 10.1 Å². The number of amides is 1. The summed E-state index contributed by atoms with van der Waals surface area (Å²) in [6.45, 7) is 2.90. The zero-order valence-corrected chi connectivity index (χ0v) is 16.7. The highest BCUT2D eigenvalue weighted by atomic mass is 16.2. The number of hydrogen-bond donors (Lipinski definition) is 1. The number of fused-ring (bicyclic) bond motifs is 1. The monoisotopic (exact) mass is 398 g/mol. The number of anilines is 1. The standard InChI is InChI=1S/C23H22N6O/c1-15-8-11-29-21(25-23(27-29)26-22(30)18-6-7-18)20(15)19-9-10-28(14-19)13-17-4-2-16(12-24)3-5-17/h2-5,8-11,14-15,18,20H,6-7,13H2,1H3,(H,26,27,30). The van der Waals surface area contributed by atoms with Crippen molar-refractivity contribution in [1.29, 1.82) is 5.26 Å². The lowest BCUT2D eigenvalue weighted by atomic mass is 9.86. The molecule has 1 amide bonds. The van der Waals surface area contributed by atoms with Crippen molar-refractivity contribution in [3.63, 3.8) is 0 Å². The molecule has 7 heteroatoms. The summed E-state index contributed by atoms with van der Waals surface area (Å²) in [6, 6.07) is 11.9. The Bertz CT molecular complexity index is 1160. The van der Waals surface area contributed by atoms with Gasteiger partial charge in [0.15, 0.2) is 0 Å². The molecule has 0 bridgehead atoms. The molecule has 1 N–H and O–H groups in total. The number of aromatic nitrogens is 4. The van der Waals surface area contributed by atoms with E-state index in [0.29, 0.717) is 11.5 Å². The van der Waals surface area contributed by atoms with Crippen LogP contribution in [-0.4, -0.2) is 25.2 Å². The molecule has 1 fully saturated rings. The summed E-state index contributed by atoms with van der Waals surface area (Å²) in [5.41, 5.74) is 2.97. The molecule has 0 radical (unpaired) electrons. The van der Waals surface area contributed by atoms with Crippen molar-refractivity contribution in [1.82, 2.24) is 19.3 Å². The van der Waals surface area contributed by atoms with Gasteiger partial charge in [-0.2, -0.15) is 10.2 Å². The number of allylic oxidation sites excluding steroid dienone is 1. The molecule has 1 aromatic carbocycles. The second kappa shape index (κ2) is 7.30. The third-order valence-corrected chi connectivity index (χ3v) is 5.76. The number of carbonyl (C=O) groups excluding carboxylic acids is 1. The van der Waals surface area contributed by atoms with Gasteiger partial charge >= 0.3 is 0 Å². The van der Waals surface area contributed by atoms with Gasteiger partial charge in [0.2, 0.25) is 11.9 Å². The minimum Gasteiger partial charge on any atom is -0.350 e. The lowest BCUT2D eigenvalue weighted by Crippen LogP contribution is -2.18. The van der Waals surface area contributed by atoms with E-state index < -0.39 is 0 Å². The summed E-state index contributed by atoms with van der Waals surface area (Å²) in [5, 5.41) is 16.3. The summed E-state index contributed by atoms with van der Waals surface area (Å²) in [7, 11) is 0. The summed E-state index contributed by atoms with van der Waals surface area (Å²) in [4.78, 5) is 16.7. The maximum Gasteiger partial charge on any atom is 0.249 e. The molecule has 2 atom stereocenters. The van der Waals surface area contributed by atoms with Gasteiger partial charge in [-0.05, 0) is 48.1 Å². The minimum atomic E-state index is 0.0140. The van der Waals surface area contributed by atoms with Crippen LogP contribution >= 0.6 is 0 Å². The Kier molecular flexibility index (Phi) is 4.47. The first-order chi connectivity index (χ1) is 14.6. The number of hydrogen-bond acceptors (Lipinski definition) is 4. The highest BCUT2D eigenvalue weighted by Gasteiger charge is 2.32. The van der Waals surface area contributed by atoms with Crippen molar-refractivity contribution in [3.05, 3.63) is 71.3 Å². The molecule has 7 nitrogen and oxygen atoms in total. The van der Waals surface area contributed by atoms with Gasteiger partial charge in [0, 0.05) is 31.1 Å². The molecule has 2 aromatic heterocycles. The van der Waals surface area contributed by atoms with Gasteiger partial charge in [0.05, 0.1) is 17.6 Å². The Labute approximate surface area is 174 Å². The quantitative estimate of drug-likeness (QED) is 0.711. The van der Waals surface area contributed by atoms with Gasteiger partial charge in [-0.1, -0.05) is 25.1 Å². The fourth-order valence-corrected chi connectivity index (χ4v) is 3.92. The van der Waals surface area contributed by atoms with Crippen LogP contribution in [-0.2, 0) is 11.3 Å². The van der Waals surface area contributed by atoms with Crippen LogP contribution in [0.3, 0.4) is 0 Å². The molecular weight excluding hydrogens is 376 g/mol. The van der Waals surface area contributed by atoms with E-state index in [-0.39, 0.29) is 23.7 Å². The van der Waals surface area contributed by atoms with Crippen LogP contribution in [0.2, 0.25) is 0 Å². The van der Waals surface area contributed by atoms with Crippen molar-refractivity contribution in [3.8, 4) is 6.07 Å². The molecule has 2 aliphatic rings. The zero-order valence-electron chi connectivity index (χ0n) is 16.7. The lowest BCUT2D eigenvalue weighted by molar-refractivity contribution is -0.117. The molecule has 1 aliphatic heterocycles. The number of nitrogens with zero attached hydrogens (tertiary/aromatic N) is 5. The second-order valence-electron chi connectivity index (χ2n) is 8.11. The Balaban J connectivity index is 1.37. The number of rotatable bonds is 5. The first-order valence-electron chi connectivity index (χ1n) is 10.2. The molecule has 0 spiro atoms. The minimum absolute atomic E-state index is 0.0140. The predicted octanol–water partition coefficient (Wildman–Crippen LogP) is 3.60. The summed E-state index contributed by atoms with van der Waals surface area (Å²) in [5.74, 6) is 1.68. The second-order valence-corrected chi connectivity index (χ2v) is 8.11. The van der Waals surface area contributed by atoms with E-state index in [1.165, 1.54) is 0 Å². The molecule has 150 valence electrons. The van der Waals surface area contributed by atoms with Crippen LogP contribution in [0.15, 0.2) is 48.8 Å². The van der Waals surface area contributed by atoms with E-state index in [1.807, 2.05) is 30.5 Å². The Morgan fingerprint density at radius 3 is 2.80 bits per heavy atom. The van der Waals surface area contributed by atoms with Crippen molar-refractivity contribution < 1.29 is 4.79 Å². The molecule has 3 heterocycles. The van der Waals surface area contributed by atoms with Gasteiger partial charge in [-0.25, -0.2) is 4.68 Å². The fourth-order valence-electron chi connectivity index (χ4n) is 3.92. The van der Waals surface area contributed by atoms with Crippen LogP contribution in [0.25, 0.3) is 6.20 Å². The van der Waals surface area contributed by atoms with Crippen LogP contribution in [0, 0.1) is 23.2 Å². The maximum absolute atomic E-state index is 12.1. The van der Waals surface area contributed by atoms with Gasteiger partial charge < -0.3 is 4.57 Å². The van der Waals surface area contributed by atoms with E-state index in [9.17, 15) is 4.79 Å². The third-order valence-electron chi connectivity index (χ3n) is 5.76. The average molecular weight is 398 g/mol. The molecule has 5 rings (SSSR count). The van der Waals surface area contributed by atoms with E-state index >= 15 is 0 Å². The molecule has 30 heavy (non-hydrogen) atoms. The average Bonchev–Trinajstić information content (AvgIpc) is 3.39. The Morgan fingerprint density at radius 2 is 2.07 bits per heavy atom. The van der Waals surface area contributed by atoms with Crippen molar-refractivity contribution in [2.75, 3.05) is 5.32 Å². The van der Waals surface area contributed by atoms with Crippen molar-refractivity contribution in [2.24, 2.45) is 11.8 Å². The van der Waals surface area contributed by atoms with Gasteiger partial charge in [0.25, 0.3) is 0 Å². The zero-order chi connectivity index (χ0) is 20.7. The van der Waals surface area contributed by atoms with E-state index in [2.05, 4.69) is 57.5 Å². The van der Waals surface area contributed by atoms with Crippen LogP contribution in [0.4, 0.5) is 5.95 Å². The summed E-state index contributed by atoms with van der Waals surface area (Å²) >= 11 is 0. The van der Waals surface area contributed by atoms with E-state index in [1.54, 1.807) is 4.68 Å². The predicted molar refractivity (Wildman–Crippen MR) is 112 cm³/mol. The molecule has 3 aromatic rings.